The van der Waals surface area contributed by atoms with Crippen molar-refractivity contribution in [2.24, 2.45) is 0 Å². The highest BCUT2D eigenvalue weighted by Crippen LogP contribution is 2.14. The zero-order valence-corrected chi connectivity index (χ0v) is 9.91. The average molecular weight is 233 g/mol. The molecule has 0 saturated carbocycles. The van der Waals surface area contributed by atoms with Gasteiger partial charge in [-0.1, -0.05) is 6.07 Å². The van der Waals surface area contributed by atoms with Crippen LogP contribution in [-0.2, 0) is 6.54 Å². The van der Waals surface area contributed by atoms with Gasteiger partial charge < -0.3 is 5.32 Å². The summed E-state index contributed by atoms with van der Waals surface area (Å²) in [5.74, 6) is -0.348. The highest BCUT2D eigenvalue weighted by molar-refractivity contribution is 5.37. The summed E-state index contributed by atoms with van der Waals surface area (Å²) in [4.78, 5) is 2.29. The number of nitriles is 1. The van der Waals surface area contributed by atoms with Crippen molar-refractivity contribution < 1.29 is 4.39 Å². The summed E-state index contributed by atoms with van der Waals surface area (Å²) in [6.07, 6.45) is 0. The van der Waals surface area contributed by atoms with Gasteiger partial charge in [-0.15, -0.1) is 0 Å². The number of halogens is 1. The molecule has 2 rings (SSSR count). The van der Waals surface area contributed by atoms with Crippen LogP contribution in [0, 0.1) is 17.1 Å². The first-order chi connectivity index (χ1) is 8.19. The summed E-state index contributed by atoms with van der Waals surface area (Å²) in [5, 5.41) is 12.3. The standard InChI is InChI=1S/C13H16FN3/c1-10-8-17(5-4-16-10)9-11-2-3-13(14)6-12(11)7-15/h2-3,6,10,16H,4-5,8-9H2,1H3/t10-/m1/s1. The second-order valence-corrected chi connectivity index (χ2v) is 4.50. The lowest BCUT2D eigenvalue weighted by molar-refractivity contribution is 0.199. The molecule has 17 heavy (non-hydrogen) atoms. The third-order valence-electron chi connectivity index (χ3n) is 3.04. The van der Waals surface area contributed by atoms with E-state index in [2.05, 4.69) is 23.2 Å². The van der Waals surface area contributed by atoms with Gasteiger partial charge in [-0.05, 0) is 24.6 Å². The van der Waals surface area contributed by atoms with Crippen LogP contribution < -0.4 is 5.32 Å². The lowest BCUT2D eigenvalue weighted by atomic mass is 10.1. The summed E-state index contributed by atoms with van der Waals surface area (Å²) in [7, 11) is 0. The molecule has 1 N–H and O–H groups in total. The summed E-state index contributed by atoms with van der Waals surface area (Å²) < 4.78 is 13.0. The summed E-state index contributed by atoms with van der Waals surface area (Å²) >= 11 is 0. The minimum atomic E-state index is -0.348. The Labute approximate surface area is 101 Å². The first kappa shape index (κ1) is 12.0. The number of piperazine rings is 1. The van der Waals surface area contributed by atoms with Crippen LogP contribution in [0.5, 0.6) is 0 Å². The van der Waals surface area contributed by atoms with Gasteiger partial charge in [-0.3, -0.25) is 4.90 Å². The van der Waals surface area contributed by atoms with Crippen LogP contribution in [0.1, 0.15) is 18.1 Å². The second kappa shape index (κ2) is 5.26. The molecule has 0 radical (unpaired) electrons. The Kier molecular flexibility index (Phi) is 3.72. The molecule has 1 aromatic rings. The Balaban J connectivity index is 2.10. The molecule has 0 aromatic heterocycles. The molecule has 4 heteroatoms. The Hall–Kier alpha value is -1.44. The molecule has 0 spiro atoms. The molecule has 3 nitrogen and oxygen atoms in total. The smallest absolute Gasteiger partial charge is 0.124 e. The van der Waals surface area contributed by atoms with Crippen molar-refractivity contribution >= 4 is 0 Å². The van der Waals surface area contributed by atoms with Crippen LogP contribution in [0.15, 0.2) is 18.2 Å². The fourth-order valence-corrected chi connectivity index (χ4v) is 2.19. The highest BCUT2D eigenvalue weighted by atomic mass is 19.1. The van der Waals surface area contributed by atoms with E-state index in [1.807, 2.05) is 0 Å². The van der Waals surface area contributed by atoms with Crippen LogP contribution in [0.4, 0.5) is 4.39 Å². The van der Waals surface area contributed by atoms with Crippen molar-refractivity contribution in [1.82, 2.24) is 10.2 Å². The molecule has 90 valence electrons. The predicted molar refractivity (Wildman–Crippen MR) is 63.9 cm³/mol. The van der Waals surface area contributed by atoms with Gasteiger partial charge >= 0.3 is 0 Å². The van der Waals surface area contributed by atoms with Crippen molar-refractivity contribution in [3.05, 3.63) is 35.1 Å². The fraction of sp³-hybridized carbons (Fsp3) is 0.462. The number of benzene rings is 1. The molecule has 1 atom stereocenters. The molecule has 1 aliphatic rings. The molecule has 1 heterocycles. The molecule has 1 aliphatic heterocycles. The van der Waals surface area contributed by atoms with Crippen LogP contribution in [0.3, 0.4) is 0 Å². The molecule has 1 fully saturated rings. The first-order valence-corrected chi connectivity index (χ1v) is 5.83. The van der Waals surface area contributed by atoms with Gasteiger partial charge in [0.25, 0.3) is 0 Å². The van der Waals surface area contributed by atoms with E-state index in [1.54, 1.807) is 6.07 Å². The molecule has 0 amide bonds. The van der Waals surface area contributed by atoms with Crippen molar-refractivity contribution in [2.75, 3.05) is 19.6 Å². The van der Waals surface area contributed by atoms with E-state index in [0.717, 1.165) is 31.7 Å². The molecule has 0 aliphatic carbocycles. The van der Waals surface area contributed by atoms with E-state index in [0.29, 0.717) is 11.6 Å². The van der Waals surface area contributed by atoms with Gasteiger partial charge in [0.2, 0.25) is 0 Å². The van der Waals surface area contributed by atoms with Gasteiger partial charge in [0.1, 0.15) is 5.82 Å². The first-order valence-electron chi connectivity index (χ1n) is 5.83. The third-order valence-corrected chi connectivity index (χ3v) is 3.04. The number of hydrogen-bond donors (Lipinski definition) is 1. The number of hydrogen-bond acceptors (Lipinski definition) is 3. The van der Waals surface area contributed by atoms with Crippen molar-refractivity contribution in [3.63, 3.8) is 0 Å². The highest BCUT2D eigenvalue weighted by Gasteiger charge is 2.16. The van der Waals surface area contributed by atoms with Gasteiger partial charge in [-0.2, -0.15) is 5.26 Å². The summed E-state index contributed by atoms with van der Waals surface area (Å²) in [5.41, 5.74) is 1.35. The van der Waals surface area contributed by atoms with Crippen LogP contribution >= 0.6 is 0 Å². The quantitative estimate of drug-likeness (QED) is 0.841. The molecule has 0 bridgehead atoms. The monoisotopic (exact) mass is 233 g/mol. The Morgan fingerprint density at radius 1 is 1.59 bits per heavy atom. The lowest BCUT2D eigenvalue weighted by Crippen LogP contribution is -2.48. The summed E-state index contributed by atoms with van der Waals surface area (Å²) in [6.45, 7) is 5.75. The number of nitrogens with one attached hydrogen (secondary N) is 1. The van der Waals surface area contributed by atoms with Gasteiger partial charge in [-0.25, -0.2) is 4.39 Å². The van der Waals surface area contributed by atoms with Crippen molar-refractivity contribution in [3.8, 4) is 6.07 Å². The Morgan fingerprint density at radius 2 is 2.41 bits per heavy atom. The van der Waals surface area contributed by atoms with Crippen LogP contribution in [0.25, 0.3) is 0 Å². The fourth-order valence-electron chi connectivity index (χ4n) is 2.19. The number of rotatable bonds is 2. The normalized spacial score (nSPS) is 21.1. The van der Waals surface area contributed by atoms with E-state index < -0.39 is 0 Å². The number of nitrogens with zero attached hydrogens (tertiary/aromatic N) is 2. The summed E-state index contributed by atoms with van der Waals surface area (Å²) in [6, 6.07) is 6.96. The zero-order chi connectivity index (χ0) is 12.3. The van der Waals surface area contributed by atoms with E-state index >= 15 is 0 Å². The molecular formula is C13H16FN3. The van der Waals surface area contributed by atoms with Gasteiger partial charge in [0.15, 0.2) is 0 Å². The average Bonchev–Trinajstić information content (AvgIpc) is 2.31. The molecule has 0 unspecified atom stereocenters. The van der Waals surface area contributed by atoms with Gasteiger partial charge in [0.05, 0.1) is 11.6 Å². The molecule has 1 aromatic carbocycles. The maximum atomic E-state index is 13.0. The van der Waals surface area contributed by atoms with Crippen LogP contribution in [-0.4, -0.2) is 30.6 Å². The topological polar surface area (TPSA) is 39.1 Å². The van der Waals surface area contributed by atoms with E-state index in [-0.39, 0.29) is 5.82 Å². The Morgan fingerprint density at radius 3 is 3.12 bits per heavy atom. The minimum absolute atomic E-state index is 0.348. The van der Waals surface area contributed by atoms with E-state index in [1.165, 1.54) is 12.1 Å². The van der Waals surface area contributed by atoms with Crippen LogP contribution in [0.2, 0.25) is 0 Å². The Bertz CT molecular complexity index is 439. The second-order valence-electron chi connectivity index (χ2n) is 4.50. The van der Waals surface area contributed by atoms with Gasteiger partial charge in [0, 0.05) is 32.2 Å². The SMILES string of the molecule is C[C@@H]1CN(Cc2ccc(F)cc2C#N)CCN1. The maximum absolute atomic E-state index is 13.0. The molecule has 1 saturated heterocycles. The predicted octanol–water partition coefficient (Wildman–Crippen LogP) is 1.49. The lowest BCUT2D eigenvalue weighted by Gasteiger charge is -2.32. The zero-order valence-electron chi connectivity index (χ0n) is 9.91. The maximum Gasteiger partial charge on any atom is 0.124 e. The van der Waals surface area contributed by atoms with E-state index in [9.17, 15) is 4.39 Å². The molecular weight excluding hydrogens is 217 g/mol. The minimum Gasteiger partial charge on any atom is -0.312 e. The van der Waals surface area contributed by atoms with Crippen molar-refractivity contribution in [2.45, 2.75) is 19.5 Å². The third kappa shape index (κ3) is 3.02. The van der Waals surface area contributed by atoms with E-state index in [4.69, 9.17) is 5.26 Å². The van der Waals surface area contributed by atoms with Crippen molar-refractivity contribution in [1.29, 1.82) is 5.26 Å². The largest absolute Gasteiger partial charge is 0.312 e.